The minimum absolute atomic E-state index is 0.0528. The van der Waals surface area contributed by atoms with Crippen LogP contribution in [0.2, 0.25) is 0 Å². The summed E-state index contributed by atoms with van der Waals surface area (Å²) in [5.41, 5.74) is 2.51. The van der Waals surface area contributed by atoms with Crippen LogP contribution >= 0.6 is 0 Å². The van der Waals surface area contributed by atoms with Crippen molar-refractivity contribution in [3.05, 3.63) is 66.2 Å². The minimum Gasteiger partial charge on any atom is -0.355 e. The van der Waals surface area contributed by atoms with Crippen LogP contribution in [0.3, 0.4) is 0 Å². The van der Waals surface area contributed by atoms with Crippen molar-refractivity contribution in [1.82, 2.24) is 15.1 Å². The summed E-state index contributed by atoms with van der Waals surface area (Å²) in [6, 6.07) is 18.8. The van der Waals surface area contributed by atoms with Gasteiger partial charge in [0.05, 0.1) is 17.3 Å². The lowest BCUT2D eigenvalue weighted by Gasteiger charge is -2.17. The molecular weight excluding hydrogens is 404 g/mol. The van der Waals surface area contributed by atoms with Gasteiger partial charge in [-0.3, -0.25) is 14.4 Å². The highest BCUT2D eigenvalue weighted by molar-refractivity contribution is 6.01. The van der Waals surface area contributed by atoms with Crippen molar-refractivity contribution >= 4 is 23.4 Å². The van der Waals surface area contributed by atoms with Crippen molar-refractivity contribution in [3.8, 4) is 16.9 Å². The van der Waals surface area contributed by atoms with Gasteiger partial charge in [0, 0.05) is 35.6 Å². The highest BCUT2D eigenvalue weighted by atomic mass is 16.2. The number of aromatic nitrogens is 2. The van der Waals surface area contributed by atoms with Crippen molar-refractivity contribution in [2.24, 2.45) is 11.3 Å². The average Bonchev–Trinajstić information content (AvgIpc) is 3.40. The van der Waals surface area contributed by atoms with Crippen molar-refractivity contribution in [3.63, 3.8) is 0 Å². The molecular formula is C25H26N4O3. The zero-order valence-electron chi connectivity index (χ0n) is 18.4. The Balaban J connectivity index is 1.72. The highest BCUT2D eigenvalue weighted by Crippen LogP contribution is 2.29. The number of anilines is 1. The number of nitrogens with one attached hydrogen (secondary N) is 2. The molecule has 32 heavy (non-hydrogen) atoms. The van der Waals surface area contributed by atoms with Crippen LogP contribution in [0.15, 0.2) is 60.7 Å². The number of para-hydroxylation sites is 1. The van der Waals surface area contributed by atoms with Gasteiger partial charge in [0.1, 0.15) is 0 Å². The minimum atomic E-state index is -0.496. The number of carbonyl (C=O) groups excluding carboxylic acids is 3. The Hall–Kier alpha value is -3.74. The van der Waals surface area contributed by atoms with E-state index in [4.69, 9.17) is 0 Å². The van der Waals surface area contributed by atoms with E-state index in [2.05, 4.69) is 15.7 Å². The zero-order chi connectivity index (χ0) is 22.9. The van der Waals surface area contributed by atoms with Gasteiger partial charge in [-0.2, -0.15) is 0 Å². The summed E-state index contributed by atoms with van der Waals surface area (Å²) in [6.45, 7) is 6.01. The van der Waals surface area contributed by atoms with E-state index in [1.807, 2.05) is 75.4 Å². The number of rotatable bonds is 5. The molecule has 0 aliphatic carbocycles. The molecule has 7 heteroatoms. The van der Waals surface area contributed by atoms with E-state index < -0.39 is 11.3 Å². The lowest BCUT2D eigenvalue weighted by atomic mass is 9.86. The van der Waals surface area contributed by atoms with Crippen LogP contribution < -0.4 is 10.6 Å². The monoisotopic (exact) mass is 430 g/mol. The molecule has 2 aromatic carbocycles. The first-order valence-corrected chi connectivity index (χ1v) is 10.6. The van der Waals surface area contributed by atoms with Gasteiger partial charge in [0.2, 0.25) is 11.8 Å². The number of amides is 2. The van der Waals surface area contributed by atoms with Gasteiger partial charge in [0.25, 0.3) is 0 Å². The maximum atomic E-state index is 12.8. The number of Topliss-reactive ketones (excluding diaryl/α,β-unsaturated/α-hetero) is 1. The van der Waals surface area contributed by atoms with E-state index in [0.717, 1.165) is 16.9 Å². The molecule has 0 spiro atoms. The van der Waals surface area contributed by atoms with E-state index in [0.29, 0.717) is 17.9 Å². The number of hydrogen-bond acceptors (Lipinski definition) is 4. The predicted octanol–water partition coefficient (Wildman–Crippen LogP) is 3.84. The van der Waals surface area contributed by atoms with Crippen LogP contribution in [0, 0.1) is 11.3 Å². The van der Waals surface area contributed by atoms with Gasteiger partial charge in [0.15, 0.2) is 11.6 Å². The van der Waals surface area contributed by atoms with E-state index in [1.165, 1.54) is 0 Å². The fourth-order valence-electron chi connectivity index (χ4n) is 3.69. The van der Waals surface area contributed by atoms with Gasteiger partial charge in [-0.05, 0) is 18.2 Å². The fraction of sp³-hybridized carbons (Fsp3) is 0.280. The molecule has 3 aromatic rings. The standard InChI is InChI=1S/C25H26N4O3/c1-25(2,3)23(31)17-9-7-8-16(12-17)20-14-21(27-24(32)18-13-22(30)26-15-18)28-29(20)19-10-5-4-6-11-19/h4-12,14,18H,13,15H2,1-3H3,(H,26,30)(H,27,28,32)/t18-/m1/s1. The molecule has 7 nitrogen and oxygen atoms in total. The normalized spacial score (nSPS) is 16.0. The molecule has 1 aliphatic rings. The van der Waals surface area contributed by atoms with Crippen molar-refractivity contribution < 1.29 is 14.4 Å². The Morgan fingerprint density at radius 2 is 1.81 bits per heavy atom. The molecule has 1 fully saturated rings. The van der Waals surface area contributed by atoms with Crippen LogP contribution in [0.4, 0.5) is 5.82 Å². The molecule has 0 saturated carbocycles. The van der Waals surface area contributed by atoms with Gasteiger partial charge < -0.3 is 10.6 Å². The van der Waals surface area contributed by atoms with E-state index in [-0.39, 0.29) is 24.0 Å². The molecule has 2 heterocycles. The molecule has 1 aromatic heterocycles. The molecule has 2 N–H and O–H groups in total. The average molecular weight is 431 g/mol. The van der Waals surface area contributed by atoms with Crippen LogP contribution in [0.5, 0.6) is 0 Å². The van der Waals surface area contributed by atoms with E-state index in [9.17, 15) is 14.4 Å². The maximum absolute atomic E-state index is 12.8. The second kappa shape index (κ2) is 8.42. The first-order chi connectivity index (χ1) is 15.2. The predicted molar refractivity (Wildman–Crippen MR) is 123 cm³/mol. The molecule has 1 saturated heterocycles. The summed E-state index contributed by atoms with van der Waals surface area (Å²) in [6.07, 6.45) is 0.176. The van der Waals surface area contributed by atoms with Gasteiger partial charge in [-0.1, -0.05) is 57.2 Å². The smallest absolute Gasteiger partial charge is 0.230 e. The van der Waals surface area contributed by atoms with Crippen LogP contribution in [-0.2, 0) is 9.59 Å². The molecule has 0 unspecified atom stereocenters. The third-order valence-electron chi connectivity index (χ3n) is 5.41. The van der Waals surface area contributed by atoms with Crippen LogP contribution in [-0.4, -0.2) is 33.9 Å². The number of hydrogen-bond donors (Lipinski definition) is 2. The quantitative estimate of drug-likeness (QED) is 0.602. The first-order valence-electron chi connectivity index (χ1n) is 10.6. The SMILES string of the molecule is CC(C)(C)C(=O)c1cccc(-c2cc(NC(=O)[C@H]3CNC(=O)C3)nn2-c2ccccc2)c1. The summed E-state index contributed by atoms with van der Waals surface area (Å²) >= 11 is 0. The number of benzene rings is 2. The molecule has 1 atom stereocenters. The number of carbonyl (C=O) groups is 3. The van der Waals surface area contributed by atoms with Gasteiger partial charge in [-0.25, -0.2) is 4.68 Å². The Bertz CT molecular complexity index is 1180. The summed E-state index contributed by atoms with van der Waals surface area (Å²) in [7, 11) is 0. The molecule has 164 valence electrons. The Morgan fingerprint density at radius 3 is 2.47 bits per heavy atom. The van der Waals surface area contributed by atoms with Crippen LogP contribution in [0.25, 0.3) is 16.9 Å². The summed E-state index contributed by atoms with van der Waals surface area (Å²) in [5, 5.41) is 10.1. The lowest BCUT2D eigenvalue weighted by molar-refractivity contribution is -0.123. The maximum Gasteiger partial charge on any atom is 0.230 e. The fourth-order valence-corrected chi connectivity index (χ4v) is 3.69. The number of ketones is 1. The first kappa shape index (κ1) is 21.5. The third kappa shape index (κ3) is 4.46. The zero-order valence-corrected chi connectivity index (χ0v) is 18.4. The van der Waals surface area contributed by atoms with E-state index in [1.54, 1.807) is 10.7 Å². The van der Waals surface area contributed by atoms with Crippen molar-refractivity contribution in [2.75, 3.05) is 11.9 Å². The summed E-state index contributed by atoms with van der Waals surface area (Å²) in [4.78, 5) is 36.9. The van der Waals surface area contributed by atoms with Gasteiger partial charge >= 0.3 is 0 Å². The summed E-state index contributed by atoms with van der Waals surface area (Å²) in [5.74, 6) is -0.344. The molecule has 0 radical (unpaired) electrons. The highest BCUT2D eigenvalue weighted by Gasteiger charge is 2.29. The Kier molecular flexibility index (Phi) is 5.65. The van der Waals surface area contributed by atoms with E-state index >= 15 is 0 Å². The molecule has 0 bridgehead atoms. The Morgan fingerprint density at radius 1 is 1.06 bits per heavy atom. The Labute approximate surface area is 186 Å². The molecule has 2 amide bonds. The molecule has 4 rings (SSSR count). The summed E-state index contributed by atoms with van der Waals surface area (Å²) < 4.78 is 1.74. The van der Waals surface area contributed by atoms with Crippen molar-refractivity contribution in [1.29, 1.82) is 0 Å². The topological polar surface area (TPSA) is 93.1 Å². The number of nitrogens with zero attached hydrogens (tertiary/aromatic N) is 2. The van der Waals surface area contributed by atoms with Crippen LogP contribution in [0.1, 0.15) is 37.6 Å². The third-order valence-corrected chi connectivity index (χ3v) is 5.41. The largest absolute Gasteiger partial charge is 0.355 e. The lowest BCUT2D eigenvalue weighted by Crippen LogP contribution is -2.24. The molecule has 1 aliphatic heterocycles. The second-order valence-corrected chi connectivity index (χ2v) is 9.02. The van der Waals surface area contributed by atoms with Gasteiger partial charge in [-0.15, -0.1) is 5.10 Å². The van der Waals surface area contributed by atoms with Crippen molar-refractivity contribution in [2.45, 2.75) is 27.2 Å². The second-order valence-electron chi connectivity index (χ2n) is 9.02.